The molecule has 0 radical (unpaired) electrons. The smallest absolute Gasteiger partial charge is 0.165 e. The summed E-state index contributed by atoms with van der Waals surface area (Å²) in [6.45, 7) is 2.09. The fourth-order valence-corrected chi connectivity index (χ4v) is 2.00. The molecule has 90 valence electrons. The molecule has 0 amide bonds. The summed E-state index contributed by atoms with van der Waals surface area (Å²) >= 11 is 0. The van der Waals surface area contributed by atoms with Crippen LogP contribution in [0.3, 0.4) is 0 Å². The largest absolute Gasteiger partial charge is 0.495 e. The number of unbranched alkanes of at least 4 members (excludes halogenated alkanes) is 1. The van der Waals surface area contributed by atoms with Crippen molar-refractivity contribution in [3.05, 3.63) is 30.0 Å². The number of ketones is 1. The van der Waals surface area contributed by atoms with Gasteiger partial charge >= 0.3 is 0 Å². The summed E-state index contributed by atoms with van der Waals surface area (Å²) in [6.07, 6.45) is 4.37. The zero-order chi connectivity index (χ0) is 12.3. The standard InChI is InChI=1S/C14H17NO2/c1-3-4-7-12(16)11-9-15-14-10(11)6-5-8-13(14)17-2/h5-6,8-9,15H,3-4,7H2,1-2H3. The van der Waals surface area contributed by atoms with Crippen LogP contribution in [0.2, 0.25) is 0 Å². The third kappa shape index (κ3) is 2.18. The molecular weight excluding hydrogens is 214 g/mol. The number of H-pyrrole nitrogens is 1. The van der Waals surface area contributed by atoms with E-state index in [2.05, 4.69) is 11.9 Å². The average Bonchev–Trinajstić information content (AvgIpc) is 2.79. The molecule has 0 atom stereocenters. The van der Waals surface area contributed by atoms with Crippen molar-refractivity contribution in [2.24, 2.45) is 0 Å². The van der Waals surface area contributed by atoms with Gasteiger partial charge < -0.3 is 9.72 Å². The third-order valence-electron chi connectivity index (χ3n) is 2.95. The second kappa shape index (κ2) is 5.04. The molecule has 0 unspecified atom stereocenters. The Labute approximate surface area is 101 Å². The fraction of sp³-hybridized carbons (Fsp3) is 0.357. The summed E-state index contributed by atoms with van der Waals surface area (Å²) in [5.41, 5.74) is 1.67. The molecule has 0 bridgehead atoms. The lowest BCUT2D eigenvalue weighted by molar-refractivity contribution is 0.0981. The van der Waals surface area contributed by atoms with Crippen molar-refractivity contribution in [2.75, 3.05) is 7.11 Å². The van der Waals surface area contributed by atoms with Gasteiger partial charge in [-0.2, -0.15) is 0 Å². The lowest BCUT2D eigenvalue weighted by Gasteiger charge is -2.01. The van der Waals surface area contributed by atoms with E-state index in [-0.39, 0.29) is 5.78 Å². The highest BCUT2D eigenvalue weighted by molar-refractivity contribution is 6.08. The molecule has 0 saturated carbocycles. The summed E-state index contributed by atoms with van der Waals surface area (Å²) in [6, 6.07) is 5.75. The molecule has 0 fully saturated rings. The number of fused-ring (bicyclic) bond motifs is 1. The Morgan fingerprint density at radius 1 is 1.41 bits per heavy atom. The first-order chi connectivity index (χ1) is 8.27. The quantitative estimate of drug-likeness (QED) is 0.799. The van der Waals surface area contributed by atoms with Crippen LogP contribution in [0.15, 0.2) is 24.4 Å². The Balaban J connectivity index is 2.39. The summed E-state index contributed by atoms with van der Waals surface area (Å²) in [4.78, 5) is 15.1. The molecule has 0 saturated heterocycles. The van der Waals surface area contributed by atoms with Crippen LogP contribution < -0.4 is 4.74 Å². The molecular formula is C14H17NO2. The molecule has 0 aliphatic heterocycles. The van der Waals surface area contributed by atoms with E-state index >= 15 is 0 Å². The fourth-order valence-electron chi connectivity index (χ4n) is 2.00. The van der Waals surface area contributed by atoms with Crippen LogP contribution in [0.4, 0.5) is 0 Å². The van der Waals surface area contributed by atoms with Gasteiger partial charge in [0.15, 0.2) is 5.78 Å². The number of methoxy groups -OCH3 is 1. The van der Waals surface area contributed by atoms with Gasteiger partial charge in [-0.15, -0.1) is 0 Å². The molecule has 1 heterocycles. The van der Waals surface area contributed by atoms with Crippen molar-refractivity contribution in [3.63, 3.8) is 0 Å². The highest BCUT2D eigenvalue weighted by Gasteiger charge is 2.13. The SMILES string of the molecule is CCCCC(=O)c1c[nH]c2c(OC)cccc12. The number of hydrogen-bond donors (Lipinski definition) is 1. The van der Waals surface area contributed by atoms with Gasteiger partial charge in [0.2, 0.25) is 0 Å². The number of nitrogens with one attached hydrogen (secondary N) is 1. The van der Waals surface area contributed by atoms with E-state index in [0.717, 1.165) is 35.1 Å². The van der Waals surface area contributed by atoms with Crippen LogP contribution in [0.25, 0.3) is 10.9 Å². The number of ether oxygens (including phenoxy) is 1. The van der Waals surface area contributed by atoms with Crippen molar-refractivity contribution < 1.29 is 9.53 Å². The van der Waals surface area contributed by atoms with Crippen LogP contribution >= 0.6 is 0 Å². The predicted molar refractivity (Wildman–Crippen MR) is 68.7 cm³/mol. The van der Waals surface area contributed by atoms with Gasteiger partial charge in [0, 0.05) is 23.6 Å². The maximum absolute atomic E-state index is 12.0. The minimum absolute atomic E-state index is 0.200. The number of carbonyl (C=O) groups excluding carboxylic acids is 1. The van der Waals surface area contributed by atoms with Crippen molar-refractivity contribution >= 4 is 16.7 Å². The zero-order valence-electron chi connectivity index (χ0n) is 10.2. The first-order valence-corrected chi connectivity index (χ1v) is 5.95. The van der Waals surface area contributed by atoms with E-state index in [1.165, 1.54) is 0 Å². The van der Waals surface area contributed by atoms with E-state index < -0.39 is 0 Å². The number of hydrogen-bond acceptors (Lipinski definition) is 2. The average molecular weight is 231 g/mol. The van der Waals surface area contributed by atoms with E-state index in [1.54, 1.807) is 13.3 Å². The van der Waals surface area contributed by atoms with Crippen LogP contribution in [0.1, 0.15) is 36.5 Å². The van der Waals surface area contributed by atoms with Gasteiger partial charge in [-0.05, 0) is 12.5 Å². The van der Waals surface area contributed by atoms with Gasteiger partial charge in [0.1, 0.15) is 5.75 Å². The minimum atomic E-state index is 0.200. The van der Waals surface area contributed by atoms with Crippen molar-refractivity contribution in [1.29, 1.82) is 0 Å². The minimum Gasteiger partial charge on any atom is -0.495 e. The number of aromatic nitrogens is 1. The Morgan fingerprint density at radius 3 is 2.94 bits per heavy atom. The first-order valence-electron chi connectivity index (χ1n) is 5.95. The lowest BCUT2D eigenvalue weighted by atomic mass is 10.0. The molecule has 0 spiro atoms. The molecule has 0 aliphatic rings. The molecule has 1 N–H and O–H groups in total. The van der Waals surface area contributed by atoms with Crippen molar-refractivity contribution in [2.45, 2.75) is 26.2 Å². The van der Waals surface area contributed by atoms with Crippen LogP contribution in [0.5, 0.6) is 5.75 Å². The molecule has 3 heteroatoms. The summed E-state index contributed by atoms with van der Waals surface area (Å²) in [5, 5.41) is 0.949. The normalized spacial score (nSPS) is 10.7. The molecule has 17 heavy (non-hydrogen) atoms. The monoisotopic (exact) mass is 231 g/mol. The second-order valence-electron chi connectivity index (χ2n) is 4.11. The molecule has 2 aromatic rings. The summed E-state index contributed by atoms with van der Waals surface area (Å²) < 4.78 is 5.26. The number of carbonyl (C=O) groups is 1. The van der Waals surface area contributed by atoms with Gasteiger partial charge in [-0.25, -0.2) is 0 Å². The van der Waals surface area contributed by atoms with E-state index in [1.807, 2.05) is 18.2 Å². The van der Waals surface area contributed by atoms with Gasteiger partial charge in [-0.3, -0.25) is 4.79 Å². The van der Waals surface area contributed by atoms with Gasteiger partial charge in [0.05, 0.1) is 12.6 Å². The van der Waals surface area contributed by atoms with E-state index in [9.17, 15) is 4.79 Å². The number of rotatable bonds is 5. The van der Waals surface area contributed by atoms with Crippen LogP contribution in [0, 0.1) is 0 Å². The van der Waals surface area contributed by atoms with Gasteiger partial charge in [0.25, 0.3) is 0 Å². The molecule has 0 aliphatic carbocycles. The van der Waals surface area contributed by atoms with Crippen LogP contribution in [-0.4, -0.2) is 17.9 Å². The Bertz CT molecular complexity index is 528. The zero-order valence-corrected chi connectivity index (χ0v) is 10.2. The molecule has 2 rings (SSSR count). The van der Waals surface area contributed by atoms with Gasteiger partial charge in [-0.1, -0.05) is 25.5 Å². The molecule has 1 aromatic heterocycles. The summed E-state index contributed by atoms with van der Waals surface area (Å²) in [7, 11) is 1.63. The Morgan fingerprint density at radius 2 is 2.24 bits per heavy atom. The number of para-hydroxylation sites is 1. The predicted octanol–water partition coefficient (Wildman–Crippen LogP) is 3.55. The topological polar surface area (TPSA) is 42.1 Å². The van der Waals surface area contributed by atoms with Crippen molar-refractivity contribution in [3.8, 4) is 5.75 Å². The number of aromatic amines is 1. The van der Waals surface area contributed by atoms with E-state index in [0.29, 0.717) is 6.42 Å². The maximum Gasteiger partial charge on any atom is 0.165 e. The summed E-state index contributed by atoms with van der Waals surface area (Å²) in [5.74, 6) is 0.975. The lowest BCUT2D eigenvalue weighted by Crippen LogP contribution is -1.97. The van der Waals surface area contributed by atoms with E-state index in [4.69, 9.17) is 4.74 Å². The highest BCUT2D eigenvalue weighted by Crippen LogP contribution is 2.27. The second-order valence-corrected chi connectivity index (χ2v) is 4.11. The number of Topliss-reactive ketones (excluding diaryl/α,β-unsaturated/α-hetero) is 1. The molecule has 3 nitrogen and oxygen atoms in total. The Kier molecular flexibility index (Phi) is 3.47. The highest BCUT2D eigenvalue weighted by atomic mass is 16.5. The maximum atomic E-state index is 12.0. The first kappa shape index (κ1) is 11.7. The number of benzene rings is 1. The van der Waals surface area contributed by atoms with Crippen molar-refractivity contribution in [1.82, 2.24) is 4.98 Å². The van der Waals surface area contributed by atoms with Crippen LogP contribution in [-0.2, 0) is 0 Å². The Hall–Kier alpha value is -1.77. The molecule has 1 aromatic carbocycles. The third-order valence-corrected chi connectivity index (χ3v) is 2.95.